The molecule has 1 N–H and O–H groups in total. The van der Waals surface area contributed by atoms with Crippen LogP contribution in [0.15, 0.2) is 97.1 Å². The highest BCUT2D eigenvalue weighted by Crippen LogP contribution is 2.38. The van der Waals surface area contributed by atoms with Crippen molar-refractivity contribution in [2.75, 3.05) is 11.7 Å². The van der Waals surface area contributed by atoms with Gasteiger partial charge in [-0.1, -0.05) is 77.5 Å². The normalized spacial score (nSPS) is 12.7. The Labute approximate surface area is 230 Å². The number of anilines is 1. The lowest BCUT2D eigenvalue weighted by molar-refractivity contribution is -0.127. The number of rotatable bonds is 8. The topological polar surface area (TPSA) is 98.6 Å². The van der Waals surface area contributed by atoms with Gasteiger partial charge in [-0.2, -0.15) is 0 Å². The second kappa shape index (κ2) is 10.9. The summed E-state index contributed by atoms with van der Waals surface area (Å²) in [6, 6.07) is 29.0. The van der Waals surface area contributed by atoms with Crippen molar-refractivity contribution in [3.63, 3.8) is 0 Å². The van der Waals surface area contributed by atoms with Crippen molar-refractivity contribution < 1.29 is 19.1 Å². The second-order valence-electron chi connectivity index (χ2n) is 9.55. The molecule has 0 spiro atoms. The predicted octanol–water partition coefficient (Wildman–Crippen LogP) is 4.56. The number of aromatic nitrogens is 3. The summed E-state index contributed by atoms with van der Waals surface area (Å²) in [5, 5.41) is 11.4. The van der Waals surface area contributed by atoms with Crippen LogP contribution in [0.3, 0.4) is 0 Å². The largest absolute Gasteiger partial charge is 0.454 e. The Bertz CT molecular complexity index is 1670. The standard InChI is InChI=1S/C31H27N5O4/c1-21-11-13-23(14-12-21)30(31(38)32-18-22-7-3-2-4-8-22)36(24-15-16-27-28(17-24)40-20-39-27)29(37)19-35-26-10-6-5-9-25(26)33-34-35/h2-17,30H,18-20H2,1H3,(H,32,38). The van der Waals surface area contributed by atoms with Crippen LogP contribution in [0.2, 0.25) is 0 Å². The van der Waals surface area contributed by atoms with E-state index in [2.05, 4.69) is 15.6 Å². The summed E-state index contributed by atoms with van der Waals surface area (Å²) in [6.45, 7) is 2.27. The predicted molar refractivity (Wildman–Crippen MR) is 150 cm³/mol. The van der Waals surface area contributed by atoms with Crippen molar-refractivity contribution >= 4 is 28.5 Å². The molecule has 2 amide bonds. The molecule has 1 aliphatic rings. The minimum absolute atomic E-state index is 0.0939. The van der Waals surface area contributed by atoms with E-state index in [1.165, 1.54) is 4.90 Å². The molecular weight excluding hydrogens is 506 g/mol. The number of fused-ring (bicyclic) bond motifs is 2. The summed E-state index contributed by atoms with van der Waals surface area (Å²) in [5.74, 6) is 0.435. The molecule has 0 saturated heterocycles. The molecular formula is C31H27N5O4. The van der Waals surface area contributed by atoms with Crippen LogP contribution < -0.4 is 19.7 Å². The zero-order valence-electron chi connectivity index (χ0n) is 21.9. The van der Waals surface area contributed by atoms with Gasteiger partial charge < -0.3 is 14.8 Å². The van der Waals surface area contributed by atoms with Gasteiger partial charge in [0.25, 0.3) is 0 Å². The number of aryl methyl sites for hydroxylation is 1. The van der Waals surface area contributed by atoms with E-state index in [0.717, 1.165) is 16.6 Å². The summed E-state index contributed by atoms with van der Waals surface area (Å²) in [4.78, 5) is 29.7. The van der Waals surface area contributed by atoms with E-state index >= 15 is 0 Å². The Morgan fingerprint density at radius 3 is 2.50 bits per heavy atom. The molecule has 0 aliphatic carbocycles. The van der Waals surface area contributed by atoms with Gasteiger partial charge in [0.15, 0.2) is 11.5 Å². The van der Waals surface area contributed by atoms with Crippen LogP contribution in [-0.2, 0) is 22.7 Å². The monoisotopic (exact) mass is 533 g/mol. The molecule has 9 heteroatoms. The van der Waals surface area contributed by atoms with Gasteiger partial charge >= 0.3 is 0 Å². The Hall–Kier alpha value is -5.18. The van der Waals surface area contributed by atoms with E-state index in [1.807, 2.05) is 85.8 Å². The average molecular weight is 534 g/mol. The van der Waals surface area contributed by atoms with Crippen LogP contribution in [0.5, 0.6) is 11.5 Å². The zero-order valence-corrected chi connectivity index (χ0v) is 21.9. The highest BCUT2D eigenvalue weighted by atomic mass is 16.7. The molecule has 4 aromatic carbocycles. The van der Waals surface area contributed by atoms with Gasteiger partial charge in [-0.05, 0) is 42.3 Å². The summed E-state index contributed by atoms with van der Waals surface area (Å²) in [7, 11) is 0. The maximum atomic E-state index is 14.2. The lowest BCUT2D eigenvalue weighted by Gasteiger charge is -2.32. The van der Waals surface area contributed by atoms with Gasteiger partial charge in [-0.25, -0.2) is 4.68 Å². The maximum Gasteiger partial charge on any atom is 0.249 e. The Balaban J connectivity index is 1.41. The van der Waals surface area contributed by atoms with Gasteiger partial charge in [-0.15, -0.1) is 5.10 Å². The van der Waals surface area contributed by atoms with Crippen molar-refractivity contribution in [1.82, 2.24) is 20.3 Å². The van der Waals surface area contributed by atoms with E-state index in [-0.39, 0.29) is 25.2 Å². The van der Waals surface area contributed by atoms with Crippen LogP contribution >= 0.6 is 0 Å². The first-order chi connectivity index (χ1) is 19.6. The maximum absolute atomic E-state index is 14.2. The lowest BCUT2D eigenvalue weighted by Crippen LogP contribution is -2.45. The molecule has 1 aromatic heterocycles. The molecule has 1 aliphatic heterocycles. The van der Waals surface area contributed by atoms with E-state index < -0.39 is 6.04 Å². The van der Waals surface area contributed by atoms with Gasteiger partial charge in [0.05, 0.1) is 5.52 Å². The fraction of sp³-hybridized carbons (Fsp3) is 0.161. The third-order valence-corrected chi connectivity index (χ3v) is 6.82. The molecule has 0 saturated carbocycles. The molecule has 1 unspecified atom stereocenters. The average Bonchev–Trinajstić information content (AvgIpc) is 3.62. The third kappa shape index (κ3) is 5.09. The molecule has 9 nitrogen and oxygen atoms in total. The number of carbonyl (C=O) groups is 2. The summed E-state index contributed by atoms with van der Waals surface area (Å²) in [6.07, 6.45) is 0. The Kier molecular flexibility index (Phi) is 6.84. The van der Waals surface area contributed by atoms with Crippen LogP contribution in [0, 0.1) is 6.92 Å². The highest BCUT2D eigenvalue weighted by Gasteiger charge is 2.34. The smallest absolute Gasteiger partial charge is 0.249 e. The van der Waals surface area contributed by atoms with Crippen LogP contribution in [0.4, 0.5) is 5.69 Å². The number of benzene rings is 4. The molecule has 2 heterocycles. The number of amides is 2. The molecule has 40 heavy (non-hydrogen) atoms. The number of hydrogen-bond donors (Lipinski definition) is 1. The van der Waals surface area contributed by atoms with Gasteiger partial charge in [0, 0.05) is 18.3 Å². The van der Waals surface area contributed by atoms with Gasteiger partial charge in [-0.3, -0.25) is 14.5 Å². The SMILES string of the molecule is Cc1ccc(C(C(=O)NCc2ccccc2)N(C(=O)Cn2nnc3ccccc32)c2ccc3c(c2)OCO3)cc1. The first-order valence-corrected chi connectivity index (χ1v) is 12.9. The Morgan fingerprint density at radius 1 is 0.925 bits per heavy atom. The second-order valence-corrected chi connectivity index (χ2v) is 9.55. The van der Waals surface area contributed by atoms with E-state index in [9.17, 15) is 9.59 Å². The number of ether oxygens (including phenoxy) is 2. The number of carbonyl (C=O) groups excluding carboxylic acids is 2. The van der Waals surface area contributed by atoms with Gasteiger partial charge in [0.1, 0.15) is 18.1 Å². The quantitative estimate of drug-likeness (QED) is 0.314. The fourth-order valence-corrected chi connectivity index (χ4v) is 4.76. The fourth-order valence-electron chi connectivity index (χ4n) is 4.76. The number of para-hydroxylation sites is 1. The first-order valence-electron chi connectivity index (χ1n) is 12.9. The minimum Gasteiger partial charge on any atom is -0.454 e. The first kappa shape index (κ1) is 25.1. The van der Waals surface area contributed by atoms with E-state index in [1.54, 1.807) is 22.9 Å². The van der Waals surface area contributed by atoms with Gasteiger partial charge in [0.2, 0.25) is 18.6 Å². The van der Waals surface area contributed by atoms with E-state index in [0.29, 0.717) is 34.8 Å². The Morgan fingerprint density at radius 2 is 1.68 bits per heavy atom. The zero-order chi connectivity index (χ0) is 27.5. The van der Waals surface area contributed by atoms with Crippen LogP contribution in [0.1, 0.15) is 22.7 Å². The van der Waals surface area contributed by atoms with Crippen molar-refractivity contribution in [2.24, 2.45) is 0 Å². The highest BCUT2D eigenvalue weighted by molar-refractivity contribution is 6.01. The van der Waals surface area contributed by atoms with Crippen molar-refractivity contribution in [1.29, 1.82) is 0 Å². The van der Waals surface area contributed by atoms with Crippen molar-refractivity contribution in [3.8, 4) is 11.5 Å². The molecule has 0 radical (unpaired) electrons. The third-order valence-electron chi connectivity index (χ3n) is 6.82. The van der Waals surface area contributed by atoms with Crippen LogP contribution in [-0.4, -0.2) is 33.6 Å². The van der Waals surface area contributed by atoms with E-state index in [4.69, 9.17) is 9.47 Å². The molecule has 0 fully saturated rings. The number of nitrogens with one attached hydrogen (secondary N) is 1. The van der Waals surface area contributed by atoms with Crippen molar-refractivity contribution in [3.05, 3.63) is 114 Å². The number of hydrogen-bond acceptors (Lipinski definition) is 6. The molecule has 5 aromatic rings. The summed E-state index contributed by atoms with van der Waals surface area (Å²) >= 11 is 0. The molecule has 6 rings (SSSR count). The minimum atomic E-state index is -0.966. The lowest BCUT2D eigenvalue weighted by atomic mass is 10.0. The molecule has 0 bridgehead atoms. The van der Waals surface area contributed by atoms with Crippen molar-refractivity contribution in [2.45, 2.75) is 26.1 Å². The number of nitrogens with zero attached hydrogens (tertiary/aromatic N) is 4. The summed E-state index contributed by atoms with van der Waals surface area (Å²) < 4.78 is 12.7. The van der Waals surface area contributed by atoms with Crippen LogP contribution in [0.25, 0.3) is 11.0 Å². The molecule has 200 valence electrons. The summed E-state index contributed by atoms with van der Waals surface area (Å²) in [5.41, 5.74) is 4.57. The molecule has 1 atom stereocenters.